The van der Waals surface area contributed by atoms with Gasteiger partial charge in [0.2, 0.25) is 0 Å². The molecule has 0 aromatic heterocycles. The molecule has 1 fully saturated rings. The van der Waals surface area contributed by atoms with Gasteiger partial charge >= 0.3 is 0 Å². The summed E-state index contributed by atoms with van der Waals surface area (Å²) in [5.74, 6) is 0.908. The molecule has 1 aliphatic rings. The highest BCUT2D eigenvalue weighted by Crippen LogP contribution is 2.38. The molecule has 94 valence electrons. The van der Waals surface area contributed by atoms with Crippen molar-refractivity contribution in [3.63, 3.8) is 0 Å². The summed E-state index contributed by atoms with van der Waals surface area (Å²) in [7, 11) is 1.68. The number of hydrogen-bond donors (Lipinski definition) is 1. The molecule has 17 heavy (non-hydrogen) atoms. The zero-order valence-electron chi connectivity index (χ0n) is 10.5. The van der Waals surface area contributed by atoms with Crippen LogP contribution < -0.4 is 4.74 Å². The van der Waals surface area contributed by atoms with Gasteiger partial charge in [-0.1, -0.05) is 12.1 Å². The van der Waals surface area contributed by atoms with Crippen LogP contribution in [0.4, 0.5) is 0 Å². The highest BCUT2D eigenvalue weighted by molar-refractivity contribution is 5.28. The summed E-state index contributed by atoms with van der Waals surface area (Å²) in [6, 6.07) is 8.15. The van der Waals surface area contributed by atoms with Crippen LogP contribution in [-0.4, -0.2) is 30.5 Å². The Morgan fingerprint density at radius 1 is 1.47 bits per heavy atom. The van der Waals surface area contributed by atoms with E-state index in [1.165, 1.54) is 5.56 Å². The molecular formula is C14H20O3. The molecule has 0 spiro atoms. The maximum atomic E-state index is 9.08. The first kappa shape index (κ1) is 12.4. The van der Waals surface area contributed by atoms with Crippen molar-refractivity contribution in [3.05, 3.63) is 29.8 Å². The van der Waals surface area contributed by atoms with Crippen LogP contribution in [-0.2, 0) is 11.2 Å². The number of epoxide rings is 1. The topological polar surface area (TPSA) is 42.0 Å². The fourth-order valence-corrected chi connectivity index (χ4v) is 2.11. The Balaban J connectivity index is 1.75. The van der Waals surface area contributed by atoms with E-state index in [0.29, 0.717) is 0 Å². The van der Waals surface area contributed by atoms with Gasteiger partial charge in [-0.15, -0.1) is 0 Å². The van der Waals surface area contributed by atoms with Gasteiger partial charge in [0.25, 0.3) is 0 Å². The van der Waals surface area contributed by atoms with Crippen LogP contribution in [0.25, 0.3) is 0 Å². The molecule has 1 heterocycles. The SMILES string of the molecule is COc1cccc(CCC[C@H]2O[C@]2(C)CO)c1. The third-order valence-corrected chi connectivity index (χ3v) is 3.42. The van der Waals surface area contributed by atoms with Crippen molar-refractivity contribution in [1.29, 1.82) is 0 Å². The number of hydrogen-bond acceptors (Lipinski definition) is 3. The fraction of sp³-hybridized carbons (Fsp3) is 0.571. The molecule has 1 aliphatic heterocycles. The number of ether oxygens (including phenoxy) is 2. The van der Waals surface area contributed by atoms with Crippen LogP contribution >= 0.6 is 0 Å². The average molecular weight is 236 g/mol. The zero-order valence-corrected chi connectivity index (χ0v) is 10.5. The molecule has 1 saturated heterocycles. The second kappa shape index (κ2) is 5.07. The molecule has 0 amide bonds. The zero-order chi connectivity index (χ0) is 12.3. The highest BCUT2D eigenvalue weighted by Gasteiger charge is 2.50. The lowest BCUT2D eigenvalue weighted by Gasteiger charge is -2.04. The highest BCUT2D eigenvalue weighted by atomic mass is 16.6. The number of aryl methyl sites for hydroxylation is 1. The minimum absolute atomic E-state index is 0.122. The van der Waals surface area contributed by atoms with E-state index in [-0.39, 0.29) is 18.3 Å². The number of methoxy groups -OCH3 is 1. The van der Waals surface area contributed by atoms with Gasteiger partial charge in [-0.3, -0.25) is 0 Å². The van der Waals surface area contributed by atoms with Crippen molar-refractivity contribution in [2.75, 3.05) is 13.7 Å². The van der Waals surface area contributed by atoms with E-state index in [0.717, 1.165) is 25.0 Å². The van der Waals surface area contributed by atoms with Crippen molar-refractivity contribution < 1.29 is 14.6 Å². The lowest BCUT2D eigenvalue weighted by atomic mass is 10.0. The molecular weight excluding hydrogens is 216 g/mol. The first-order valence-corrected chi connectivity index (χ1v) is 6.09. The number of benzene rings is 1. The van der Waals surface area contributed by atoms with Gasteiger partial charge in [0.15, 0.2) is 0 Å². The van der Waals surface area contributed by atoms with Crippen LogP contribution in [0, 0.1) is 0 Å². The molecule has 0 aliphatic carbocycles. The molecule has 2 rings (SSSR count). The average Bonchev–Trinajstić information content (AvgIpc) is 3.01. The lowest BCUT2D eigenvalue weighted by Crippen LogP contribution is -2.15. The van der Waals surface area contributed by atoms with Crippen LogP contribution in [0.2, 0.25) is 0 Å². The van der Waals surface area contributed by atoms with E-state index in [1.807, 2.05) is 19.1 Å². The van der Waals surface area contributed by atoms with Crippen LogP contribution in [0.15, 0.2) is 24.3 Å². The second-order valence-corrected chi connectivity index (χ2v) is 4.82. The van der Waals surface area contributed by atoms with E-state index >= 15 is 0 Å². The molecule has 3 nitrogen and oxygen atoms in total. The lowest BCUT2D eigenvalue weighted by molar-refractivity contribution is 0.184. The maximum absolute atomic E-state index is 9.08. The van der Waals surface area contributed by atoms with E-state index in [2.05, 4.69) is 12.1 Å². The number of rotatable bonds is 6. The Morgan fingerprint density at radius 3 is 2.94 bits per heavy atom. The predicted molar refractivity (Wildman–Crippen MR) is 66.3 cm³/mol. The summed E-state index contributed by atoms with van der Waals surface area (Å²) >= 11 is 0. The Kier molecular flexibility index (Phi) is 3.69. The van der Waals surface area contributed by atoms with E-state index in [9.17, 15) is 0 Å². The predicted octanol–water partition coefficient (Wildman–Crippen LogP) is 2.17. The van der Waals surface area contributed by atoms with E-state index < -0.39 is 0 Å². The summed E-state index contributed by atoms with van der Waals surface area (Å²) in [5, 5.41) is 9.08. The molecule has 3 heteroatoms. The van der Waals surface area contributed by atoms with Gasteiger partial charge < -0.3 is 14.6 Å². The fourth-order valence-electron chi connectivity index (χ4n) is 2.11. The van der Waals surface area contributed by atoms with Crippen LogP contribution in [0.5, 0.6) is 5.75 Å². The smallest absolute Gasteiger partial charge is 0.119 e. The summed E-state index contributed by atoms with van der Waals surface area (Å²) < 4.78 is 10.6. The molecule has 1 aromatic carbocycles. The standard InChI is InChI=1S/C14H20O3/c1-14(10-15)13(17-14)8-4-6-11-5-3-7-12(9-11)16-2/h3,5,7,9,13,15H,4,6,8,10H2,1-2H3/t13-,14-/m1/s1. The Morgan fingerprint density at radius 2 is 2.29 bits per heavy atom. The molecule has 1 aromatic rings. The molecule has 1 N–H and O–H groups in total. The van der Waals surface area contributed by atoms with E-state index in [1.54, 1.807) is 7.11 Å². The largest absolute Gasteiger partial charge is 0.497 e. The minimum atomic E-state index is -0.269. The third-order valence-electron chi connectivity index (χ3n) is 3.42. The molecule has 0 bridgehead atoms. The van der Waals surface area contributed by atoms with Crippen molar-refractivity contribution in [3.8, 4) is 5.75 Å². The summed E-state index contributed by atoms with van der Waals surface area (Å²) in [5.41, 5.74) is 1.02. The molecule has 0 unspecified atom stereocenters. The summed E-state index contributed by atoms with van der Waals surface area (Å²) in [6.07, 6.45) is 3.35. The minimum Gasteiger partial charge on any atom is -0.497 e. The van der Waals surface area contributed by atoms with Crippen molar-refractivity contribution in [2.24, 2.45) is 0 Å². The molecule has 2 atom stereocenters. The van der Waals surface area contributed by atoms with E-state index in [4.69, 9.17) is 14.6 Å². The Labute approximate surface area is 102 Å². The monoisotopic (exact) mass is 236 g/mol. The number of aliphatic hydroxyl groups is 1. The normalized spacial score (nSPS) is 26.9. The maximum Gasteiger partial charge on any atom is 0.119 e. The Hall–Kier alpha value is -1.06. The number of aliphatic hydroxyl groups excluding tert-OH is 1. The van der Waals surface area contributed by atoms with Crippen LogP contribution in [0.1, 0.15) is 25.3 Å². The van der Waals surface area contributed by atoms with Gasteiger partial charge in [0, 0.05) is 0 Å². The quantitative estimate of drug-likeness (QED) is 0.770. The van der Waals surface area contributed by atoms with Gasteiger partial charge in [-0.05, 0) is 43.9 Å². The van der Waals surface area contributed by atoms with Gasteiger partial charge in [-0.2, -0.15) is 0 Å². The van der Waals surface area contributed by atoms with Gasteiger partial charge in [-0.25, -0.2) is 0 Å². The van der Waals surface area contributed by atoms with Gasteiger partial charge in [0.05, 0.1) is 19.8 Å². The van der Waals surface area contributed by atoms with Crippen LogP contribution in [0.3, 0.4) is 0 Å². The molecule has 0 radical (unpaired) electrons. The first-order valence-electron chi connectivity index (χ1n) is 6.09. The molecule has 0 saturated carbocycles. The summed E-state index contributed by atoms with van der Waals surface area (Å²) in [6.45, 7) is 2.08. The summed E-state index contributed by atoms with van der Waals surface area (Å²) in [4.78, 5) is 0. The first-order chi connectivity index (χ1) is 8.18. The second-order valence-electron chi connectivity index (χ2n) is 4.82. The van der Waals surface area contributed by atoms with Crippen molar-refractivity contribution in [1.82, 2.24) is 0 Å². The van der Waals surface area contributed by atoms with Gasteiger partial charge in [0.1, 0.15) is 11.4 Å². The third kappa shape index (κ3) is 2.99. The Bertz CT molecular complexity index is 377. The van der Waals surface area contributed by atoms with Crippen molar-refractivity contribution >= 4 is 0 Å². The van der Waals surface area contributed by atoms with Crippen molar-refractivity contribution in [2.45, 2.75) is 37.9 Å².